The van der Waals surface area contributed by atoms with Gasteiger partial charge in [0.15, 0.2) is 0 Å². The highest BCUT2D eigenvalue weighted by Crippen LogP contribution is 2.48. The second-order valence-electron chi connectivity index (χ2n) is 12.4. The Hall–Kier alpha value is -3.44. The van der Waals surface area contributed by atoms with Crippen molar-refractivity contribution in [2.24, 2.45) is 0 Å². The summed E-state index contributed by atoms with van der Waals surface area (Å²) in [6, 6.07) is 16.6. The first-order valence-corrected chi connectivity index (χ1v) is 15.2. The fourth-order valence-corrected chi connectivity index (χ4v) is 6.77. The molecule has 7 rings (SSSR count). The van der Waals surface area contributed by atoms with Crippen molar-refractivity contribution in [1.29, 1.82) is 0 Å². The Morgan fingerprint density at radius 3 is 2.53 bits per heavy atom. The molecule has 0 aliphatic carbocycles. The first-order chi connectivity index (χ1) is 20.8. The number of aliphatic hydroxyl groups excluding tert-OH is 1. The van der Waals surface area contributed by atoms with Crippen molar-refractivity contribution in [2.75, 3.05) is 40.9 Å². The fraction of sp³-hybridized carbons (Fsp3) is 0.515. The van der Waals surface area contributed by atoms with Gasteiger partial charge in [-0.2, -0.15) is 0 Å². The SMILES string of the molecule is CN(C)CCc1c[nH]c2ccc(C[C@H]3COC(=O)N3)cc12.CN1[C@@H]2C[C@@H](OC(=O)[C@H](CO)c3ccccc3)C[C@H]1[C@@H]1O[C@@H]12. The summed E-state index contributed by atoms with van der Waals surface area (Å²) < 4.78 is 16.3. The summed E-state index contributed by atoms with van der Waals surface area (Å²) in [4.78, 5) is 31.4. The zero-order chi connectivity index (χ0) is 30.1. The number of carbonyl (C=O) groups excluding carboxylic acids is 2. The Morgan fingerprint density at radius 1 is 1.14 bits per heavy atom. The number of alkyl carbamates (subject to hydrolysis) is 1. The van der Waals surface area contributed by atoms with Crippen molar-refractivity contribution in [3.8, 4) is 0 Å². The number of fused-ring (bicyclic) bond motifs is 6. The lowest BCUT2D eigenvalue weighted by Crippen LogP contribution is -2.48. The van der Waals surface area contributed by atoms with E-state index >= 15 is 0 Å². The molecule has 0 spiro atoms. The fourth-order valence-electron chi connectivity index (χ4n) is 6.77. The average Bonchev–Trinajstić information content (AvgIpc) is 3.47. The Kier molecular flexibility index (Phi) is 8.72. The summed E-state index contributed by atoms with van der Waals surface area (Å²) in [6.07, 6.45) is 5.88. The highest BCUT2D eigenvalue weighted by Gasteiger charge is 2.62. The van der Waals surface area contributed by atoms with E-state index in [1.807, 2.05) is 30.3 Å². The summed E-state index contributed by atoms with van der Waals surface area (Å²) in [7, 11) is 6.30. The zero-order valence-electron chi connectivity index (χ0n) is 25.1. The topological polar surface area (TPSA) is 120 Å². The maximum Gasteiger partial charge on any atom is 0.407 e. The van der Waals surface area contributed by atoms with Gasteiger partial charge in [-0.3, -0.25) is 9.69 Å². The molecule has 10 heteroatoms. The van der Waals surface area contributed by atoms with Gasteiger partial charge in [-0.05, 0) is 62.8 Å². The van der Waals surface area contributed by atoms with Crippen LogP contribution in [0.15, 0.2) is 54.7 Å². The third kappa shape index (κ3) is 6.57. The number of hydrogen-bond donors (Lipinski definition) is 3. The number of piperidine rings is 1. The molecule has 4 aliphatic heterocycles. The molecule has 4 saturated heterocycles. The van der Waals surface area contributed by atoms with Gasteiger partial charge in [-0.15, -0.1) is 0 Å². The number of benzene rings is 2. The van der Waals surface area contributed by atoms with Crippen LogP contribution in [0, 0.1) is 0 Å². The molecule has 2 bridgehead atoms. The average molecular weight is 591 g/mol. The third-order valence-electron chi connectivity index (χ3n) is 9.21. The van der Waals surface area contributed by atoms with Gasteiger partial charge in [0.05, 0.1) is 12.6 Å². The van der Waals surface area contributed by atoms with Crippen LogP contribution in [-0.4, -0.2) is 109 Å². The van der Waals surface area contributed by atoms with Gasteiger partial charge in [0.1, 0.15) is 30.8 Å². The summed E-state index contributed by atoms with van der Waals surface area (Å²) in [6.45, 7) is 1.26. The van der Waals surface area contributed by atoms with Crippen molar-refractivity contribution in [3.63, 3.8) is 0 Å². The van der Waals surface area contributed by atoms with Crippen LogP contribution in [0.25, 0.3) is 10.9 Å². The zero-order valence-corrected chi connectivity index (χ0v) is 25.1. The molecule has 5 heterocycles. The molecule has 3 aromatic rings. The van der Waals surface area contributed by atoms with Crippen molar-refractivity contribution in [2.45, 2.75) is 68.0 Å². The van der Waals surface area contributed by atoms with Crippen molar-refractivity contribution < 1.29 is 28.9 Å². The van der Waals surface area contributed by atoms with Crippen molar-refractivity contribution >= 4 is 23.0 Å². The van der Waals surface area contributed by atoms with E-state index in [0.29, 0.717) is 30.9 Å². The van der Waals surface area contributed by atoms with E-state index in [9.17, 15) is 14.7 Å². The van der Waals surface area contributed by atoms with Gasteiger partial charge in [0.25, 0.3) is 0 Å². The van der Waals surface area contributed by atoms with Crippen molar-refractivity contribution in [1.82, 2.24) is 20.1 Å². The van der Waals surface area contributed by atoms with E-state index in [1.54, 1.807) is 0 Å². The number of ether oxygens (including phenoxy) is 3. The number of amides is 1. The Morgan fingerprint density at radius 2 is 1.88 bits per heavy atom. The molecule has 7 atom stereocenters. The molecular formula is C33H42N4O6. The molecule has 4 fully saturated rings. The smallest absolute Gasteiger partial charge is 0.407 e. The van der Waals surface area contributed by atoms with Gasteiger partial charge in [0, 0.05) is 48.6 Å². The molecule has 0 unspecified atom stereocenters. The van der Waals surface area contributed by atoms with Crippen LogP contribution in [0.3, 0.4) is 0 Å². The van der Waals surface area contributed by atoms with Crippen molar-refractivity contribution in [3.05, 3.63) is 71.4 Å². The molecule has 2 aromatic carbocycles. The molecule has 1 amide bonds. The number of nitrogens with one attached hydrogen (secondary N) is 2. The maximum absolute atomic E-state index is 12.4. The molecule has 1 aromatic heterocycles. The molecule has 230 valence electrons. The van der Waals surface area contributed by atoms with E-state index in [0.717, 1.165) is 37.8 Å². The molecular weight excluding hydrogens is 548 g/mol. The number of aromatic amines is 1. The standard InChI is InChI=1S/C17H21NO4.C16H21N3O2/c1-18-13-7-11(8-14(18)16-15(13)22-16)21-17(20)12(9-19)10-5-3-2-4-6-10;1-19(2)6-5-12-9-17-15-4-3-11(8-14(12)15)7-13-10-21-16(20)18-13/h2-6,11-16,19H,7-9H2,1H3;3-4,8-9,13,17H,5-7,10H2,1-2H3,(H,18,20)/t11-,12-,13-,14+,15-,16+;13-/m10/s1. The minimum Gasteiger partial charge on any atom is -0.462 e. The first-order valence-electron chi connectivity index (χ1n) is 15.2. The molecule has 4 aliphatic rings. The van der Waals surface area contributed by atoms with Crippen LogP contribution in [0.2, 0.25) is 0 Å². The largest absolute Gasteiger partial charge is 0.462 e. The second kappa shape index (κ2) is 12.7. The third-order valence-corrected chi connectivity index (χ3v) is 9.21. The van der Waals surface area contributed by atoms with Crippen LogP contribution >= 0.6 is 0 Å². The number of cyclic esters (lactones) is 1. The van der Waals surface area contributed by atoms with Gasteiger partial charge >= 0.3 is 12.1 Å². The highest BCUT2D eigenvalue weighted by atomic mass is 16.6. The number of rotatable bonds is 9. The number of epoxide rings is 1. The number of esters is 1. The lowest BCUT2D eigenvalue weighted by Gasteiger charge is -2.38. The van der Waals surface area contributed by atoms with Crippen LogP contribution < -0.4 is 5.32 Å². The Labute approximate surface area is 252 Å². The minimum absolute atomic E-state index is 0.0622. The number of nitrogens with zero attached hydrogens (tertiary/aromatic N) is 2. The number of aromatic nitrogens is 1. The molecule has 43 heavy (non-hydrogen) atoms. The summed E-state index contributed by atoms with van der Waals surface area (Å²) in [5.41, 5.74) is 4.53. The van der Waals surface area contributed by atoms with Crippen LogP contribution in [0.1, 0.15) is 35.4 Å². The predicted molar refractivity (Wildman–Crippen MR) is 162 cm³/mol. The number of likely N-dealkylation sites (N-methyl/N-ethyl adjacent to an activating group) is 2. The van der Waals surface area contributed by atoms with E-state index in [1.165, 1.54) is 22.0 Å². The predicted octanol–water partition coefficient (Wildman–Crippen LogP) is 2.84. The quantitative estimate of drug-likeness (QED) is 0.257. The van der Waals surface area contributed by atoms with Crippen LogP contribution in [0.5, 0.6) is 0 Å². The molecule has 0 radical (unpaired) electrons. The molecule has 0 saturated carbocycles. The highest BCUT2D eigenvalue weighted by molar-refractivity contribution is 5.84. The number of carbonyl (C=O) groups is 2. The van der Waals surface area contributed by atoms with Gasteiger partial charge < -0.3 is 34.5 Å². The van der Waals surface area contributed by atoms with Crippen LogP contribution in [0.4, 0.5) is 4.79 Å². The number of hydrogen-bond acceptors (Lipinski definition) is 8. The molecule has 10 nitrogen and oxygen atoms in total. The number of H-pyrrole nitrogens is 1. The van der Waals surface area contributed by atoms with E-state index in [2.05, 4.69) is 65.6 Å². The Bertz CT molecular complexity index is 1410. The summed E-state index contributed by atoms with van der Waals surface area (Å²) in [5.74, 6) is -0.915. The van der Waals surface area contributed by atoms with E-state index in [4.69, 9.17) is 14.2 Å². The normalized spacial score (nSPS) is 28.1. The monoisotopic (exact) mass is 590 g/mol. The van der Waals surface area contributed by atoms with Gasteiger partial charge in [-0.25, -0.2) is 4.79 Å². The van der Waals surface area contributed by atoms with E-state index < -0.39 is 5.92 Å². The second-order valence-corrected chi connectivity index (χ2v) is 12.4. The van der Waals surface area contributed by atoms with E-state index in [-0.39, 0.29) is 30.8 Å². The lowest BCUT2D eigenvalue weighted by molar-refractivity contribution is -0.156. The maximum atomic E-state index is 12.4. The summed E-state index contributed by atoms with van der Waals surface area (Å²) >= 11 is 0. The van der Waals surface area contributed by atoms with Crippen LogP contribution in [-0.2, 0) is 31.8 Å². The first kappa shape index (κ1) is 29.6. The molecule has 3 N–H and O–H groups in total. The lowest BCUT2D eigenvalue weighted by atomic mass is 9.97. The van der Waals surface area contributed by atoms with Gasteiger partial charge in [-0.1, -0.05) is 36.4 Å². The Balaban J connectivity index is 0.000000153. The number of morpholine rings is 1. The van der Waals surface area contributed by atoms with Gasteiger partial charge in [0.2, 0.25) is 0 Å². The minimum atomic E-state index is -0.593. The number of aliphatic hydroxyl groups is 1. The summed E-state index contributed by atoms with van der Waals surface area (Å²) in [5, 5.41) is 13.7.